The minimum Gasteiger partial charge on any atom is -0.368 e. The molecule has 0 radical (unpaired) electrons. The summed E-state index contributed by atoms with van der Waals surface area (Å²) in [5.74, 6) is -0.176. The number of hydrogen-bond donors (Lipinski definition) is 0. The average molecular weight is 416 g/mol. The molecule has 29 heavy (non-hydrogen) atoms. The van der Waals surface area contributed by atoms with Crippen molar-refractivity contribution in [2.24, 2.45) is 0 Å². The van der Waals surface area contributed by atoms with Crippen LogP contribution < -0.4 is 4.90 Å². The Balaban J connectivity index is 1.79. The van der Waals surface area contributed by atoms with Crippen LogP contribution in [0.25, 0.3) is 0 Å². The van der Waals surface area contributed by atoms with Gasteiger partial charge in [0.05, 0.1) is 6.26 Å². The standard InChI is InChI=1S/C22H29N3O3S/c1-17-9-8-12-20(18(17)2)24-13-15-25(16-14-24)22(26)21(23(3)29(4,27)28)19-10-6-5-7-11-19/h5-12,21H,13-16H2,1-4H3/t21-/m0/s1. The van der Waals surface area contributed by atoms with Crippen molar-refractivity contribution in [3.63, 3.8) is 0 Å². The minimum absolute atomic E-state index is 0.176. The highest BCUT2D eigenvalue weighted by Gasteiger charge is 2.35. The lowest BCUT2D eigenvalue weighted by atomic mass is 10.0. The van der Waals surface area contributed by atoms with Crippen LogP contribution in [0.1, 0.15) is 22.7 Å². The number of carbonyl (C=O) groups excluding carboxylic acids is 1. The van der Waals surface area contributed by atoms with Gasteiger partial charge in [-0.25, -0.2) is 8.42 Å². The molecule has 3 rings (SSSR count). The van der Waals surface area contributed by atoms with Gasteiger partial charge in [-0.15, -0.1) is 0 Å². The molecule has 0 N–H and O–H groups in total. The van der Waals surface area contributed by atoms with Crippen molar-refractivity contribution in [3.8, 4) is 0 Å². The van der Waals surface area contributed by atoms with Crippen LogP contribution in [0.5, 0.6) is 0 Å². The van der Waals surface area contributed by atoms with E-state index in [-0.39, 0.29) is 5.91 Å². The molecule has 0 spiro atoms. The lowest BCUT2D eigenvalue weighted by Gasteiger charge is -2.39. The first-order chi connectivity index (χ1) is 13.7. The zero-order valence-corrected chi connectivity index (χ0v) is 18.3. The summed E-state index contributed by atoms with van der Waals surface area (Å²) < 4.78 is 25.5. The molecule has 0 saturated carbocycles. The maximum absolute atomic E-state index is 13.4. The second kappa shape index (κ2) is 8.55. The first kappa shape index (κ1) is 21.3. The van der Waals surface area contributed by atoms with Crippen molar-refractivity contribution in [2.75, 3.05) is 44.4 Å². The zero-order valence-electron chi connectivity index (χ0n) is 17.5. The number of sulfonamides is 1. The van der Waals surface area contributed by atoms with Crippen LogP contribution in [0.4, 0.5) is 5.69 Å². The predicted octanol–water partition coefficient (Wildman–Crippen LogP) is 2.58. The van der Waals surface area contributed by atoms with E-state index in [1.54, 1.807) is 17.0 Å². The predicted molar refractivity (Wildman–Crippen MR) is 116 cm³/mol. The molecular formula is C22H29N3O3S. The molecule has 1 atom stereocenters. The second-order valence-corrected chi connectivity index (χ2v) is 9.67. The van der Waals surface area contributed by atoms with Crippen LogP contribution in [0.2, 0.25) is 0 Å². The highest BCUT2D eigenvalue weighted by molar-refractivity contribution is 7.88. The van der Waals surface area contributed by atoms with Gasteiger partial charge >= 0.3 is 0 Å². The van der Waals surface area contributed by atoms with Crippen LogP contribution in [0.3, 0.4) is 0 Å². The normalized spacial score (nSPS) is 16.2. The molecule has 1 amide bonds. The van der Waals surface area contributed by atoms with Crippen LogP contribution in [0.15, 0.2) is 48.5 Å². The van der Waals surface area contributed by atoms with Crippen LogP contribution in [0, 0.1) is 13.8 Å². The Kier molecular flexibility index (Phi) is 6.29. The van der Waals surface area contributed by atoms with E-state index >= 15 is 0 Å². The number of amides is 1. The summed E-state index contributed by atoms with van der Waals surface area (Å²) in [7, 11) is -2.05. The summed E-state index contributed by atoms with van der Waals surface area (Å²) in [5.41, 5.74) is 4.39. The Morgan fingerprint density at radius 3 is 2.17 bits per heavy atom. The highest BCUT2D eigenvalue weighted by atomic mass is 32.2. The lowest BCUT2D eigenvalue weighted by Crippen LogP contribution is -2.52. The maximum Gasteiger partial charge on any atom is 0.245 e. The van der Waals surface area contributed by atoms with Gasteiger partial charge in [-0.05, 0) is 36.6 Å². The number of anilines is 1. The van der Waals surface area contributed by atoms with Crippen LogP contribution in [-0.2, 0) is 14.8 Å². The number of rotatable bonds is 5. The van der Waals surface area contributed by atoms with Gasteiger partial charge in [-0.1, -0.05) is 42.5 Å². The van der Waals surface area contributed by atoms with Crippen molar-refractivity contribution in [1.82, 2.24) is 9.21 Å². The van der Waals surface area contributed by atoms with Crippen molar-refractivity contribution in [2.45, 2.75) is 19.9 Å². The van der Waals surface area contributed by atoms with E-state index in [4.69, 9.17) is 0 Å². The van der Waals surface area contributed by atoms with Crippen LogP contribution >= 0.6 is 0 Å². The van der Waals surface area contributed by atoms with Gasteiger partial charge in [0.1, 0.15) is 6.04 Å². The third-order valence-corrected chi connectivity index (χ3v) is 7.00. The highest BCUT2D eigenvalue weighted by Crippen LogP contribution is 2.27. The number of benzene rings is 2. The van der Waals surface area contributed by atoms with E-state index in [9.17, 15) is 13.2 Å². The lowest BCUT2D eigenvalue weighted by molar-refractivity contribution is -0.135. The van der Waals surface area contributed by atoms with E-state index < -0.39 is 16.1 Å². The van der Waals surface area contributed by atoms with Gasteiger partial charge < -0.3 is 9.80 Å². The van der Waals surface area contributed by atoms with E-state index in [1.807, 2.05) is 18.2 Å². The van der Waals surface area contributed by atoms with Crippen molar-refractivity contribution >= 4 is 21.6 Å². The Labute approximate surface area is 173 Å². The number of piperazine rings is 1. The Morgan fingerprint density at radius 1 is 0.966 bits per heavy atom. The molecule has 2 aromatic rings. The van der Waals surface area contributed by atoms with Crippen LogP contribution in [-0.4, -0.2) is 63.0 Å². The molecule has 2 aromatic carbocycles. The monoisotopic (exact) mass is 415 g/mol. The summed E-state index contributed by atoms with van der Waals surface area (Å²) in [6.45, 7) is 6.79. The summed E-state index contributed by atoms with van der Waals surface area (Å²) in [6, 6.07) is 14.5. The van der Waals surface area contributed by atoms with Gasteiger partial charge in [0.15, 0.2) is 0 Å². The number of nitrogens with zero attached hydrogens (tertiary/aromatic N) is 3. The van der Waals surface area contributed by atoms with Gasteiger partial charge in [0, 0.05) is 38.9 Å². The Bertz CT molecular complexity index is 968. The third-order valence-electron chi connectivity index (χ3n) is 5.74. The molecule has 1 saturated heterocycles. The molecule has 0 aliphatic carbocycles. The number of hydrogen-bond acceptors (Lipinski definition) is 4. The quantitative estimate of drug-likeness (QED) is 0.753. The number of aryl methyl sites for hydroxylation is 1. The van der Waals surface area contributed by atoms with Gasteiger partial charge in [0.25, 0.3) is 0 Å². The van der Waals surface area contributed by atoms with Gasteiger partial charge in [-0.3, -0.25) is 4.79 Å². The zero-order chi connectivity index (χ0) is 21.2. The first-order valence-corrected chi connectivity index (χ1v) is 11.6. The molecule has 0 bridgehead atoms. The first-order valence-electron chi connectivity index (χ1n) is 9.78. The third kappa shape index (κ3) is 4.62. The van der Waals surface area contributed by atoms with E-state index in [0.29, 0.717) is 18.7 Å². The van der Waals surface area contributed by atoms with E-state index in [1.165, 1.54) is 28.2 Å². The molecule has 1 aliphatic rings. The summed E-state index contributed by atoms with van der Waals surface area (Å²) in [6.07, 6.45) is 1.13. The topological polar surface area (TPSA) is 60.9 Å². The molecule has 7 heteroatoms. The molecule has 156 valence electrons. The molecule has 1 heterocycles. The van der Waals surface area contributed by atoms with Crippen molar-refractivity contribution in [3.05, 3.63) is 65.2 Å². The molecule has 0 unspecified atom stereocenters. The molecule has 0 aromatic heterocycles. The summed E-state index contributed by atoms with van der Waals surface area (Å²) in [5, 5.41) is 0. The molecule has 1 fully saturated rings. The van der Waals surface area contributed by atoms with Gasteiger partial charge in [0.2, 0.25) is 15.9 Å². The number of likely N-dealkylation sites (N-methyl/N-ethyl adjacent to an activating group) is 1. The van der Waals surface area contributed by atoms with E-state index in [0.717, 1.165) is 19.3 Å². The SMILES string of the molecule is Cc1cccc(N2CCN(C(=O)[C@H](c3ccccc3)N(C)S(C)(=O)=O)CC2)c1C. The molecular weight excluding hydrogens is 386 g/mol. The van der Waals surface area contributed by atoms with E-state index in [2.05, 4.69) is 36.9 Å². The molecule has 1 aliphatic heterocycles. The fourth-order valence-corrected chi connectivity index (χ4v) is 4.35. The Morgan fingerprint density at radius 2 is 1.59 bits per heavy atom. The summed E-state index contributed by atoms with van der Waals surface area (Å²) in [4.78, 5) is 17.4. The summed E-state index contributed by atoms with van der Waals surface area (Å²) >= 11 is 0. The Hall–Kier alpha value is -2.38. The van der Waals surface area contributed by atoms with Crippen molar-refractivity contribution in [1.29, 1.82) is 0 Å². The largest absolute Gasteiger partial charge is 0.368 e. The number of carbonyl (C=O) groups is 1. The van der Waals surface area contributed by atoms with Gasteiger partial charge in [-0.2, -0.15) is 4.31 Å². The molecule has 6 nitrogen and oxygen atoms in total. The maximum atomic E-state index is 13.4. The smallest absolute Gasteiger partial charge is 0.245 e. The van der Waals surface area contributed by atoms with Crippen molar-refractivity contribution < 1.29 is 13.2 Å². The fourth-order valence-electron chi connectivity index (χ4n) is 3.75. The average Bonchev–Trinajstić information content (AvgIpc) is 2.70. The minimum atomic E-state index is -3.52. The fraction of sp³-hybridized carbons (Fsp3) is 0.409. The second-order valence-electron chi connectivity index (χ2n) is 7.62.